The zero-order valence-corrected chi connectivity index (χ0v) is 17.2. The number of anilines is 2. The fourth-order valence-corrected chi connectivity index (χ4v) is 3.41. The highest BCUT2D eigenvalue weighted by Crippen LogP contribution is 2.19. The predicted octanol–water partition coefficient (Wildman–Crippen LogP) is 3.15. The van der Waals surface area contributed by atoms with E-state index < -0.39 is 0 Å². The van der Waals surface area contributed by atoms with Gasteiger partial charge in [0, 0.05) is 57.0 Å². The van der Waals surface area contributed by atoms with Gasteiger partial charge in [-0.1, -0.05) is 18.2 Å². The molecule has 0 saturated carbocycles. The van der Waals surface area contributed by atoms with Crippen molar-refractivity contribution in [3.05, 3.63) is 54.4 Å². The maximum absolute atomic E-state index is 4.72. The first-order chi connectivity index (χ1) is 12.8. The van der Waals surface area contributed by atoms with Gasteiger partial charge in [0.2, 0.25) is 5.95 Å². The van der Waals surface area contributed by atoms with Crippen LogP contribution < -0.4 is 10.2 Å². The van der Waals surface area contributed by atoms with Gasteiger partial charge in [-0.15, -0.1) is 17.0 Å². The lowest BCUT2D eigenvalue weighted by atomic mass is 10.1. The molecule has 0 radical (unpaired) electrons. The third-order valence-electron chi connectivity index (χ3n) is 4.86. The molecule has 3 aromatic rings. The lowest BCUT2D eigenvalue weighted by Crippen LogP contribution is -2.48. The number of nitrogens with zero attached hydrogens (tertiary/aromatic N) is 5. The van der Waals surface area contributed by atoms with Crippen LogP contribution in [0.5, 0.6) is 0 Å². The van der Waals surface area contributed by atoms with Crippen molar-refractivity contribution in [1.82, 2.24) is 19.9 Å². The van der Waals surface area contributed by atoms with E-state index in [2.05, 4.69) is 56.3 Å². The summed E-state index contributed by atoms with van der Waals surface area (Å²) < 4.78 is 0. The van der Waals surface area contributed by atoms with Crippen molar-refractivity contribution >= 4 is 39.7 Å². The molecule has 0 bridgehead atoms. The van der Waals surface area contributed by atoms with Crippen molar-refractivity contribution < 1.29 is 0 Å². The molecule has 4 rings (SSSR count). The normalized spacial score (nSPS) is 14.8. The number of aromatic nitrogens is 3. The molecule has 0 aliphatic carbocycles. The topological polar surface area (TPSA) is 57.2 Å². The van der Waals surface area contributed by atoms with Crippen molar-refractivity contribution in [2.75, 3.05) is 49.5 Å². The van der Waals surface area contributed by atoms with E-state index in [-0.39, 0.29) is 17.0 Å². The summed E-state index contributed by atoms with van der Waals surface area (Å²) in [6.07, 6.45) is 3.61. The fraction of sp³-hybridized carbons (Fsp3) is 0.350. The highest BCUT2D eigenvalue weighted by atomic mass is 79.9. The number of benzene rings is 1. The molecule has 3 heterocycles. The maximum Gasteiger partial charge on any atom is 0.225 e. The van der Waals surface area contributed by atoms with Gasteiger partial charge in [-0.2, -0.15) is 0 Å². The second-order valence-corrected chi connectivity index (χ2v) is 6.65. The second kappa shape index (κ2) is 9.10. The molecule has 2 aromatic heterocycles. The molecule has 1 aliphatic heterocycles. The lowest BCUT2D eigenvalue weighted by Gasteiger charge is -2.34. The SMILES string of the molecule is Br.Cc1cc(NCCN2CCN(c3ncccn3)CC2)nc2ccccc12. The Hall–Kier alpha value is -2.25. The number of rotatable bonds is 5. The highest BCUT2D eigenvalue weighted by molar-refractivity contribution is 8.93. The summed E-state index contributed by atoms with van der Waals surface area (Å²) in [6, 6.07) is 12.3. The summed E-state index contributed by atoms with van der Waals surface area (Å²) in [4.78, 5) is 18.1. The Balaban J connectivity index is 0.00000210. The average Bonchev–Trinajstić information content (AvgIpc) is 2.69. The van der Waals surface area contributed by atoms with Crippen LogP contribution in [0.25, 0.3) is 10.9 Å². The molecule has 142 valence electrons. The molecule has 0 spiro atoms. The number of hydrogen-bond donors (Lipinski definition) is 1. The van der Waals surface area contributed by atoms with Crippen LogP contribution in [0.2, 0.25) is 0 Å². The third-order valence-corrected chi connectivity index (χ3v) is 4.86. The van der Waals surface area contributed by atoms with Crippen molar-refractivity contribution in [2.24, 2.45) is 0 Å². The van der Waals surface area contributed by atoms with Crippen LogP contribution in [0, 0.1) is 6.92 Å². The van der Waals surface area contributed by atoms with Gasteiger partial charge in [-0.25, -0.2) is 15.0 Å². The van der Waals surface area contributed by atoms with Crippen LogP contribution in [0.4, 0.5) is 11.8 Å². The molecule has 1 saturated heterocycles. The summed E-state index contributed by atoms with van der Waals surface area (Å²) in [7, 11) is 0. The minimum absolute atomic E-state index is 0. The number of para-hydroxylation sites is 1. The van der Waals surface area contributed by atoms with Crippen LogP contribution in [-0.4, -0.2) is 59.1 Å². The Morgan fingerprint density at radius 1 is 1.00 bits per heavy atom. The zero-order valence-electron chi connectivity index (χ0n) is 15.5. The lowest BCUT2D eigenvalue weighted by molar-refractivity contribution is 0.266. The molecule has 7 heteroatoms. The van der Waals surface area contributed by atoms with Gasteiger partial charge in [-0.3, -0.25) is 4.90 Å². The van der Waals surface area contributed by atoms with Crippen molar-refractivity contribution in [3.8, 4) is 0 Å². The van der Waals surface area contributed by atoms with E-state index in [1.54, 1.807) is 12.4 Å². The van der Waals surface area contributed by atoms with Gasteiger partial charge < -0.3 is 10.2 Å². The molecule has 27 heavy (non-hydrogen) atoms. The molecule has 1 aromatic carbocycles. The molecule has 6 nitrogen and oxygen atoms in total. The van der Waals surface area contributed by atoms with Crippen LogP contribution in [0.15, 0.2) is 48.8 Å². The van der Waals surface area contributed by atoms with Crippen molar-refractivity contribution in [1.29, 1.82) is 0 Å². The van der Waals surface area contributed by atoms with E-state index in [1.165, 1.54) is 10.9 Å². The predicted molar refractivity (Wildman–Crippen MR) is 116 cm³/mol. The first-order valence-electron chi connectivity index (χ1n) is 9.14. The van der Waals surface area contributed by atoms with Gasteiger partial charge in [0.05, 0.1) is 5.52 Å². The van der Waals surface area contributed by atoms with Crippen LogP contribution in [-0.2, 0) is 0 Å². The van der Waals surface area contributed by atoms with Crippen molar-refractivity contribution in [3.63, 3.8) is 0 Å². The largest absolute Gasteiger partial charge is 0.369 e. The number of fused-ring (bicyclic) bond motifs is 1. The Morgan fingerprint density at radius 3 is 2.52 bits per heavy atom. The minimum atomic E-state index is 0. The number of pyridine rings is 1. The minimum Gasteiger partial charge on any atom is -0.369 e. The number of nitrogens with one attached hydrogen (secondary N) is 1. The van der Waals surface area contributed by atoms with Crippen LogP contribution >= 0.6 is 17.0 Å². The number of halogens is 1. The molecule has 1 aliphatic rings. The van der Waals surface area contributed by atoms with Crippen LogP contribution in [0.3, 0.4) is 0 Å². The number of hydrogen-bond acceptors (Lipinski definition) is 6. The average molecular weight is 429 g/mol. The first-order valence-corrected chi connectivity index (χ1v) is 9.14. The number of piperazine rings is 1. The summed E-state index contributed by atoms with van der Waals surface area (Å²) in [5.41, 5.74) is 2.31. The quantitative estimate of drug-likeness (QED) is 0.673. The zero-order chi connectivity index (χ0) is 17.8. The Labute approximate surface area is 170 Å². The van der Waals surface area contributed by atoms with E-state index in [1.807, 2.05) is 12.1 Å². The van der Waals surface area contributed by atoms with Gasteiger partial charge in [0.15, 0.2) is 0 Å². The molecule has 0 atom stereocenters. The molecule has 1 N–H and O–H groups in total. The summed E-state index contributed by atoms with van der Waals surface area (Å²) in [5, 5.41) is 4.70. The Kier molecular flexibility index (Phi) is 6.58. The monoisotopic (exact) mass is 428 g/mol. The highest BCUT2D eigenvalue weighted by Gasteiger charge is 2.18. The summed E-state index contributed by atoms with van der Waals surface area (Å²) >= 11 is 0. The molecular weight excluding hydrogens is 404 g/mol. The third kappa shape index (κ3) is 4.73. The molecule has 1 fully saturated rings. The number of aryl methyl sites for hydroxylation is 1. The van der Waals surface area contributed by atoms with Gasteiger partial charge in [-0.05, 0) is 30.7 Å². The molecule has 0 unspecified atom stereocenters. The standard InChI is InChI=1S/C20H24N6.BrH/c1-16-15-19(24-18-6-3-2-5-17(16)18)21-9-10-25-11-13-26(14-12-25)20-22-7-4-8-23-20;/h2-8,15H,9-14H2,1H3,(H,21,24);1H. The van der Waals surface area contributed by atoms with E-state index in [0.29, 0.717) is 0 Å². The Morgan fingerprint density at radius 2 is 1.74 bits per heavy atom. The molecule has 0 amide bonds. The summed E-state index contributed by atoms with van der Waals surface area (Å²) in [5.74, 6) is 1.79. The first kappa shape index (κ1) is 19.5. The summed E-state index contributed by atoms with van der Waals surface area (Å²) in [6.45, 7) is 8.05. The van der Waals surface area contributed by atoms with Gasteiger partial charge in [0.1, 0.15) is 5.82 Å². The van der Waals surface area contributed by atoms with E-state index >= 15 is 0 Å². The second-order valence-electron chi connectivity index (χ2n) is 6.65. The van der Waals surface area contributed by atoms with Crippen LogP contribution in [0.1, 0.15) is 5.56 Å². The van der Waals surface area contributed by atoms with E-state index in [9.17, 15) is 0 Å². The van der Waals surface area contributed by atoms with E-state index in [4.69, 9.17) is 4.98 Å². The maximum atomic E-state index is 4.72. The van der Waals surface area contributed by atoms with E-state index in [0.717, 1.165) is 56.6 Å². The fourth-order valence-electron chi connectivity index (χ4n) is 3.41. The van der Waals surface area contributed by atoms with Gasteiger partial charge in [0.25, 0.3) is 0 Å². The van der Waals surface area contributed by atoms with Crippen molar-refractivity contribution in [2.45, 2.75) is 6.92 Å². The Bertz CT molecular complexity index is 865. The van der Waals surface area contributed by atoms with Gasteiger partial charge >= 0.3 is 0 Å². The smallest absolute Gasteiger partial charge is 0.225 e. The molecular formula is C20H25BrN6.